The Labute approximate surface area is 135 Å². The molecule has 0 aliphatic heterocycles. The van der Waals surface area contributed by atoms with Crippen molar-refractivity contribution in [2.24, 2.45) is 5.41 Å². The summed E-state index contributed by atoms with van der Waals surface area (Å²) < 4.78 is 0. The SMILES string of the molecule is C=C(C)CC[C@]1(C(=C)C)CC(Nc2ccc(C)cc2C)=C1C. The van der Waals surface area contributed by atoms with Crippen molar-refractivity contribution in [2.45, 2.75) is 53.9 Å². The summed E-state index contributed by atoms with van der Waals surface area (Å²) in [7, 11) is 0. The summed E-state index contributed by atoms with van der Waals surface area (Å²) in [6.07, 6.45) is 3.26. The van der Waals surface area contributed by atoms with Gasteiger partial charge < -0.3 is 5.32 Å². The van der Waals surface area contributed by atoms with E-state index in [1.54, 1.807) is 0 Å². The molecule has 0 aromatic heterocycles. The van der Waals surface area contributed by atoms with E-state index in [0.717, 1.165) is 19.3 Å². The molecule has 0 radical (unpaired) electrons. The lowest BCUT2D eigenvalue weighted by atomic mass is 9.60. The van der Waals surface area contributed by atoms with Crippen LogP contribution in [0.1, 0.15) is 51.2 Å². The maximum atomic E-state index is 4.26. The number of anilines is 1. The maximum Gasteiger partial charge on any atom is 0.0411 e. The summed E-state index contributed by atoms with van der Waals surface area (Å²) in [4.78, 5) is 0. The zero-order valence-corrected chi connectivity index (χ0v) is 14.8. The van der Waals surface area contributed by atoms with Crippen molar-refractivity contribution in [3.63, 3.8) is 0 Å². The summed E-state index contributed by atoms with van der Waals surface area (Å²) in [6.45, 7) is 19.1. The van der Waals surface area contributed by atoms with Gasteiger partial charge >= 0.3 is 0 Å². The molecule has 1 N–H and O–H groups in total. The molecule has 1 heteroatoms. The maximum absolute atomic E-state index is 4.26. The first-order chi connectivity index (χ1) is 10.3. The van der Waals surface area contributed by atoms with Crippen LogP contribution in [-0.2, 0) is 0 Å². The summed E-state index contributed by atoms with van der Waals surface area (Å²) in [5.74, 6) is 0. The van der Waals surface area contributed by atoms with Crippen LogP contribution in [0.15, 0.2) is 53.8 Å². The van der Waals surface area contributed by atoms with Crippen molar-refractivity contribution >= 4 is 5.69 Å². The van der Waals surface area contributed by atoms with Crippen LogP contribution in [0.5, 0.6) is 0 Å². The van der Waals surface area contributed by atoms with E-state index in [1.165, 1.54) is 39.2 Å². The standard InChI is InChI=1S/C21H29N/c1-14(2)10-11-21(15(3)4)13-20(18(21)7)22-19-9-8-16(5)12-17(19)6/h8-9,12,22H,1,3,10-11,13H2,2,4-7H3/t21-/m1/s1. The first-order valence-electron chi connectivity index (χ1n) is 8.11. The van der Waals surface area contributed by atoms with E-state index in [1.807, 2.05) is 0 Å². The molecule has 0 saturated heterocycles. The van der Waals surface area contributed by atoms with E-state index in [-0.39, 0.29) is 5.41 Å². The molecule has 0 amide bonds. The van der Waals surface area contributed by atoms with Crippen molar-refractivity contribution in [1.29, 1.82) is 0 Å². The molecular weight excluding hydrogens is 266 g/mol. The highest BCUT2D eigenvalue weighted by Crippen LogP contribution is 2.54. The fourth-order valence-corrected chi connectivity index (χ4v) is 3.39. The molecule has 1 aliphatic rings. The average Bonchev–Trinajstić information content (AvgIpc) is 2.43. The highest BCUT2D eigenvalue weighted by atomic mass is 14.9. The number of aryl methyl sites for hydroxylation is 2. The number of allylic oxidation sites excluding steroid dienone is 4. The number of benzene rings is 1. The molecule has 0 fully saturated rings. The van der Waals surface area contributed by atoms with Crippen molar-refractivity contribution in [1.82, 2.24) is 0 Å². The van der Waals surface area contributed by atoms with E-state index in [2.05, 4.69) is 71.3 Å². The van der Waals surface area contributed by atoms with Crippen LogP contribution in [-0.4, -0.2) is 0 Å². The zero-order valence-electron chi connectivity index (χ0n) is 14.8. The van der Waals surface area contributed by atoms with Gasteiger partial charge in [0.05, 0.1) is 0 Å². The molecule has 0 spiro atoms. The molecule has 1 atom stereocenters. The van der Waals surface area contributed by atoms with Crippen LogP contribution in [0, 0.1) is 19.3 Å². The molecule has 0 heterocycles. The molecular formula is C21H29N. The Morgan fingerprint density at radius 3 is 2.36 bits per heavy atom. The van der Waals surface area contributed by atoms with Gasteiger partial charge in [-0.05, 0) is 64.7 Å². The minimum Gasteiger partial charge on any atom is -0.359 e. The van der Waals surface area contributed by atoms with Gasteiger partial charge in [-0.1, -0.05) is 35.4 Å². The van der Waals surface area contributed by atoms with Crippen LogP contribution < -0.4 is 5.32 Å². The van der Waals surface area contributed by atoms with Gasteiger partial charge in [-0.3, -0.25) is 0 Å². The molecule has 118 valence electrons. The third-order valence-electron chi connectivity index (χ3n) is 5.11. The molecule has 0 unspecified atom stereocenters. The Morgan fingerprint density at radius 1 is 1.18 bits per heavy atom. The smallest absolute Gasteiger partial charge is 0.0411 e. The second kappa shape index (κ2) is 6.16. The molecule has 1 aromatic carbocycles. The van der Waals surface area contributed by atoms with Gasteiger partial charge in [0.15, 0.2) is 0 Å². The van der Waals surface area contributed by atoms with Crippen molar-refractivity contribution in [3.8, 4) is 0 Å². The molecule has 2 rings (SSSR count). The zero-order chi connectivity index (χ0) is 16.5. The van der Waals surface area contributed by atoms with E-state index >= 15 is 0 Å². The van der Waals surface area contributed by atoms with Crippen LogP contribution in [0.3, 0.4) is 0 Å². The van der Waals surface area contributed by atoms with E-state index in [4.69, 9.17) is 0 Å². The Balaban J connectivity index is 2.21. The fourth-order valence-electron chi connectivity index (χ4n) is 3.39. The second-order valence-corrected chi connectivity index (χ2v) is 7.04. The van der Waals surface area contributed by atoms with Gasteiger partial charge in [0.25, 0.3) is 0 Å². The van der Waals surface area contributed by atoms with Gasteiger partial charge in [0.1, 0.15) is 0 Å². The fraction of sp³-hybridized carbons (Fsp3) is 0.429. The highest BCUT2D eigenvalue weighted by Gasteiger charge is 2.42. The number of rotatable bonds is 6. The van der Waals surface area contributed by atoms with Crippen LogP contribution in [0.4, 0.5) is 5.69 Å². The first kappa shape index (κ1) is 16.6. The van der Waals surface area contributed by atoms with Crippen molar-refractivity contribution < 1.29 is 0 Å². The third-order valence-corrected chi connectivity index (χ3v) is 5.11. The van der Waals surface area contributed by atoms with Gasteiger partial charge in [-0.2, -0.15) is 0 Å². The van der Waals surface area contributed by atoms with E-state index in [0.29, 0.717) is 0 Å². The summed E-state index contributed by atoms with van der Waals surface area (Å²) in [5, 5.41) is 3.64. The summed E-state index contributed by atoms with van der Waals surface area (Å²) in [6, 6.07) is 6.57. The molecule has 22 heavy (non-hydrogen) atoms. The lowest BCUT2D eigenvalue weighted by molar-refractivity contribution is 0.340. The number of hydrogen-bond donors (Lipinski definition) is 1. The van der Waals surface area contributed by atoms with E-state index in [9.17, 15) is 0 Å². The lowest BCUT2D eigenvalue weighted by Gasteiger charge is -2.46. The van der Waals surface area contributed by atoms with Gasteiger partial charge in [-0.15, -0.1) is 6.58 Å². The van der Waals surface area contributed by atoms with Crippen molar-refractivity contribution in [2.75, 3.05) is 5.32 Å². The lowest BCUT2D eigenvalue weighted by Crippen LogP contribution is -2.36. The molecule has 0 saturated carbocycles. The first-order valence-corrected chi connectivity index (χ1v) is 8.11. The summed E-state index contributed by atoms with van der Waals surface area (Å²) in [5.41, 5.74) is 9.32. The van der Waals surface area contributed by atoms with Gasteiger partial charge in [-0.25, -0.2) is 0 Å². The molecule has 0 bridgehead atoms. The topological polar surface area (TPSA) is 12.0 Å². The minimum absolute atomic E-state index is 0.167. The molecule has 1 aromatic rings. The Morgan fingerprint density at radius 2 is 1.86 bits per heavy atom. The Hall–Kier alpha value is -1.76. The number of hydrogen-bond acceptors (Lipinski definition) is 1. The average molecular weight is 295 g/mol. The van der Waals surface area contributed by atoms with Gasteiger partial charge in [0, 0.05) is 23.2 Å². The normalized spacial score (nSPS) is 20.6. The quantitative estimate of drug-likeness (QED) is 0.606. The molecule has 1 aliphatic carbocycles. The largest absolute Gasteiger partial charge is 0.359 e. The molecule has 1 nitrogen and oxygen atoms in total. The monoisotopic (exact) mass is 295 g/mol. The third kappa shape index (κ3) is 3.04. The van der Waals surface area contributed by atoms with Gasteiger partial charge in [0.2, 0.25) is 0 Å². The van der Waals surface area contributed by atoms with E-state index < -0.39 is 0 Å². The highest BCUT2D eigenvalue weighted by molar-refractivity contribution is 5.59. The summed E-state index contributed by atoms with van der Waals surface area (Å²) >= 11 is 0. The number of nitrogens with one attached hydrogen (secondary N) is 1. The Kier molecular flexibility index (Phi) is 4.65. The Bertz CT molecular complexity index is 648. The second-order valence-electron chi connectivity index (χ2n) is 7.04. The van der Waals surface area contributed by atoms with Crippen LogP contribution in [0.25, 0.3) is 0 Å². The predicted molar refractivity (Wildman–Crippen MR) is 98.2 cm³/mol. The van der Waals surface area contributed by atoms with Crippen molar-refractivity contribution in [3.05, 3.63) is 64.9 Å². The van der Waals surface area contributed by atoms with Crippen LogP contribution in [0.2, 0.25) is 0 Å². The van der Waals surface area contributed by atoms with Crippen LogP contribution >= 0.6 is 0 Å². The minimum atomic E-state index is 0.167. The predicted octanol–water partition coefficient (Wildman–Crippen LogP) is 6.31.